The Kier molecular flexibility index (Phi) is 5.42. The molecule has 0 saturated heterocycles. The Morgan fingerprint density at radius 1 is 0.694 bits per heavy atom. The highest BCUT2D eigenvalue weighted by molar-refractivity contribution is 6.08. The second-order valence-corrected chi connectivity index (χ2v) is 9.83. The lowest BCUT2D eigenvalue weighted by molar-refractivity contribution is 1.07. The van der Waals surface area contributed by atoms with Crippen molar-refractivity contribution in [2.24, 2.45) is 0 Å². The Morgan fingerprint density at radius 3 is 2.22 bits per heavy atom. The molecule has 36 heavy (non-hydrogen) atoms. The number of benzene rings is 5. The minimum absolute atomic E-state index is 0.0652. The van der Waals surface area contributed by atoms with Crippen LogP contribution in [-0.2, 0) is 0 Å². The normalized spacial score (nSPS) is 14.5. The van der Waals surface area contributed by atoms with Crippen molar-refractivity contribution in [2.75, 3.05) is 0 Å². The summed E-state index contributed by atoms with van der Waals surface area (Å²) in [5.74, 6) is 0.0652. The SMILES string of the molecule is Cc1ccc(-c2c(C=N)c(C3C(c4ccccc4)=Cc4ccccc43)cc3ccccc23)c(C)c1C. The summed E-state index contributed by atoms with van der Waals surface area (Å²) in [6, 6.07) is 34.8. The highest BCUT2D eigenvalue weighted by Gasteiger charge is 2.31. The molecular formula is C35H29N. The van der Waals surface area contributed by atoms with Crippen LogP contribution in [0.25, 0.3) is 33.5 Å². The summed E-state index contributed by atoms with van der Waals surface area (Å²) in [5, 5.41) is 11.1. The molecule has 5 aromatic carbocycles. The Balaban J connectivity index is 1.71. The third-order valence-corrected chi connectivity index (χ3v) is 7.94. The third kappa shape index (κ3) is 3.43. The first kappa shape index (κ1) is 22.2. The molecule has 0 aliphatic heterocycles. The van der Waals surface area contributed by atoms with Crippen LogP contribution in [-0.4, -0.2) is 6.21 Å². The Bertz CT molecular complexity index is 1670. The quantitative estimate of drug-likeness (QED) is 0.257. The van der Waals surface area contributed by atoms with Gasteiger partial charge in [0.05, 0.1) is 0 Å². The standard InChI is InChI=1S/C35H29N/c1-22-17-18-28(24(3)23(22)2)34-29-15-9-8-14-27(29)20-32(33(34)21-36)35-30-16-10-7-13-26(30)19-31(35)25-11-5-4-6-12-25/h4-21,35-36H,1-3H3. The molecule has 1 heteroatoms. The monoisotopic (exact) mass is 463 g/mol. The van der Waals surface area contributed by atoms with E-state index in [0.29, 0.717) is 0 Å². The fourth-order valence-electron chi connectivity index (χ4n) is 5.84. The van der Waals surface area contributed by atoms with Crippen molar-refractivity contribution in [3.8, 4) is 11.1 Å². The highest BCUT2D eigenvalue weighted by Crippen LogP contribution is 2.49. The minimum Gasteiger partial charge on any atom is -0.308 e. The van der Waals surface area contributed by atoms with Gasteiger partial charge in [-0.3, -0.25) is 0 Å². The van der Waals surface area contributed by atoms with Crippen LogP contribution >= 0.6 is 0 Å². The van der Waals surface area contributed by atoms with E-state index in [1.807, 2.05) is 0 Å². The molecule has 1 aliphatic rings. The molecule has 0 saturated carbocycles. The first-order valence-electron chi connectivity index (χ1n) is 12.6. The van der Waals surface area contributed by atoms with Crippen molar-refractivity contribution >= 4 is 28.6 Å². The van der Waals surface area contributed by atoms with E-state index in [0.717, 1.165) is 11.1 Å². The number of fused-ring (bicyclic) bond motifs is 2. The first-order chi connectivity index (χ1) is 17.6. The van der Waals surface area contributed by atoms with Crippen molar-refractivity contribution in [2.45, 2.75) is 26.7 Å². The average molecular weight is 464 g/mol. The summed E-state index contributed by atoms with van der Waals surface area (Å²) in [4.78, 5) is 0. The molecule has 1 nitrogen and oxygen atoms in total. The Morgan fingerprint density at radius 2 is 1.42 bits per heavy atom. The van der Waals surface area contributed by atoms with E-state index in [1.165, 1.54) is 60.9 Å². The van der Waals surface area contributed by atoms with Crippen LogP contribution in [0.15, 0.2) is 97.1 Å². The van der Waals surface area contributed by atoms with Gasteiger partial charge in [0, 0.05) is 17.7 Å². The first-order valence-corrected chi connectivity index (χ1v) is 12.6. The fourth-order valence-corrected chi connectivity index (χ4v) is 5.84. The maximum Gasteiger partial charge on any atom is 0.0359 e. The van der Waals surface area contributed by atoms with Gasteiger partial charge in [-0.1, -0.05) is 91.0 Å². The highest BCUT2D eigenvalue weighted by atomic mass is 14.4. The van der Waals surface area contributed by atoms with Crippen molar-refractivity contribution in [1.82, 2.24) is 0 Å². The summed E-state index contributed by atoms with van der Waals surface area (Å²) in [6.07, 6.45) is 3.91. The molecule has 174 valence electrons. The zero-order valence-electron chi connectivity index (χ0n) is 21.0. The average Bonchev–Trinajstić information content (AvgIpc) is 3.31. The minimum atomic E-state index is 0.0652. The van der Waals surface area contributed by atoms with Gasteiger partial charge >= 0.3 is 0 Å². The molecule has 0 amide bonds. The maximum absolute atomic E-state index is 8.69. The molecule has 6 rings (SSSR count). The van der Waals surface area contributed by atoms with Crippen LogP contribution < -0.4 is 0 Å². The summed E-state index contributed by atoms with van der Waals surface area (Å²) in [6.45, 7) is 6.59. The molecule has 1 unspecified atom stereocenters. The van der Waals surface area contributed by atoms with Crippen LogP contribution in [0.2, 0.25) is 0 Å². The molecule has 0 spiro atoms. The summed E-state index contributed by atoms with van der Waals surface area (Å²) in [5.41, 5.74) is 13.5. The molecule has 0 radical (unpaired) electrons. The topological polar surface area (TPSA) is 23.9 Å². The van der Waals surface area contributed by atoms with Gasteiger partial charge in [-0.15, -0.1) is 0 Å². The van der Waals surface area contributed by atoms with Gasteiger partial charge in [-0.2, -0.15) is 0 Å². The predicted octanol–water partition coefficient (Wildman–Crippen LogP) is 9.12. The number of hydrogen-bond acceptors (Lipinski definition) is 1. The molecule has 0 bridgehead atoms. The summed E-state index contributed by atoms with van der Waals surface area (Å²) >= 11 is 0. The van der Waals surface area contributed by atoms with Gasteiger partial charge in [0.1, 0.15) is 0 Å². The van der Waals surface area contributed by atoms with Crippen LogP contribution in [0.3, 0.4) is 0 Å². The van der Waals surface area contributed by atoms with E-state index in [-0.39, 0.29) is 5.92 Å². The molecule has 1 N–H and O–H groups in total. The summed E-state index contributed by atoms with van der Waals surface area (Å²) < 4.78 is 0. The van der Waals surface area contributed by atoms with E-state index in [4.69, 9.17) is 5.41 Å². The second kappa shape index (κ2) is 8.77. The third-order valence-electron chi connectivity index (χ3n) is 7.94. The molecule has 0 aromatic heterocycles. The lowest BCUT2D eigenvalue weighted by Crippen LogP contribution is -2.07. The van der Waals surface area contributed by atoms with Crippen LogP contribution in [0.5, 0.6) is 0 Å². The van der Waals surface area contributed by atoms with Gasteiger partial charge in [0.2, 0.25) is 0 Å². The number of rotatable bonds is 4. The van der Waals surface area contributed by atoms with Gasteiger partial charge in [-0.05, 0) is 99.3 Å². The Hall–Kier alpha value is -4.23. The molecule has 1 atom stereocenters. The number of allylic oxidation sites excluding steroid dienone is 1. The van der Waals surface area contributed by atoms with Crippen molar-refractivity contribution in [3.63, 3.8) is 0 Å². The molecule has 0 fully saturated rings. The fraction of sp³-hybridized carbons (Fsp3) is 0.114. The van der Waals surface area contributed by atoms with Crippen molar-refractivity contribution in [3.05, 3.63) is 142 Å². The number of hydrogen-bond donors (Lipinski definition) is 1. The molecule has 0 heterocycles. The van der Waals surface area contributed by atoms with Gasteiger partial charge in [0.25, 0.3) is 0 Å². The molecule has 1 aliphatic carbocycles. The van der Waals surface area contributed by atoms with E-state index in [2.05, 4.69) is 124 Å². The molecule has 5 aromatic rings. The van der Waals surface area contributed by atoms with E-state index in [1.54, 1.807) is 6.21 Å². The van der Waals surface area contributed by atoms with E-state index < -0.39 is 0 Å². The smallest absolute Gasteiger partial charge is 0.0359 e. The summed E-state index contributed by atoms with van der Waals surface area (Å²) in [7, 11) is 0. The second-order valence-electron chi connectivity index (χ2n) is 9.83. The lowest BCUT2D eigenvalue weighted by Gasteiger charge is -2.24. The molecular weight excluding hydrogens is 434 g/mol. The van der Waals surface area contributed by atoms with Crippen LogP contribution in [0.1, 0.15) is 50.4 Å². The number of aryl methyl sites for hydroxylation is 1. The lowest BCUT2D eigenvalue weighted by atomic mass is 9.78. The maximum atomic E-state index is 8.69. The van der Waals surface area contributed by atoms with E-state index >= 15 is 0 Å². The van der Waals surface area contributed by atoms with Gasteiger partial charge < -0.3 is 5.41 Å². The van der Waals surface area contributed by atoms with Crippen LogP contribution in [0, 0.1) is 26.2 Å². The van der Waals surface area contributed by atoms with Crippen molar-refractivity contribution < 1.29 is 0 Å². The predicted molar refractivity (Wildman–Crippen MR) is 154 cm³/mol. The zero-order chi connectivity index (χ0) is 24.8. The van der Waals surface area contributed by atoms with Crippen LogP contribution in [0.4, 0.5) is 0 Å². The zero-order valence-corrected chi connectivity index (χ0v) is 21.0. The Labute approximate surface area is 213 Å². The van der Waals surface area contributed by atoms with Gasteiger partial charge in [-0.25, -0.2) is 0 Å². The van der Waals surface area contributed by atoms with Gasteiger partial charge in [0.15, 0.2) is 0 Å². The van der Waals surface area contributed by atoms with E-state index in [9.17, 15) is 0 Å². The van der Waals surface area contributed by atoms with Crippen molar-refractivity contribution in [1.29, 1.82) is 5.41 Å². The largest absolute Gasteiger partial charge is 0.308 e. The number of nitrogens with one attached hydrogen (secondary N) is 1.